The third-order valence-electron chi connectivity index (χ3n) is 5.85. The summed E-state index contributed by atoms with van der Waals surface area (Å²) < 4.78 is 10.5. The number of anilines is 1. The van der Waals surface area contributed by atoms with Crippen LogP contribution in [0.15, 0.2) is 53.9 Å². The third-order valence-corrected chi connectivity index (χ3v) is 6.75. The number of methoxy groups -OCH3 is 1. The highest BCUT2D eigenvalue weighted by atomic mass is 32.1. The lowest BCUT2D eigenvalue weighted by Crippen LogP contribution is -2.16. The van der Waals surface area contributed by atoms with Crippen molar-refractivity contribution in [1.82, 2.24) is 0 Å². The van der Waals surface area contributed by atoms with Crippen LogP contribution in [0.4, 0.5) is 5.00 Å². The van der Waals surface area contributed by atoms with Gasteiger partial charge in [0.25, 0.3) is 0 Å². The topological polar surface area (TPSA) is 64.6 Å². The molecular weight excluding hydrogens is 422 g/mol. The second kappa shape index (κ2) is 9.57. The first kappa shape index (κ1) is 22.1. The molecule has 166 valence electrons. The number of esters is 1. The molecule has 2 aromatic carbocycles. The summed E-state index contributed by atoms with van der Waals surface area (Å²) in [5.41, 5.74) is 4.50. The maximum atomic E-state index is 13.0. The molecule has 0 bridgehead atoms. The van der Waals surface area contributed by atoms with Gasteiger partial charge in [-0.05, 0) is 54.5 Å². The molecule has 0 aliphatic heterocycles. The van der Waals surface area contributed by atoms with E-state index < -0.39 is 5.97 Å². The van der Waals surface area contributed by atoms with Gasteiger partial charge < -0.3 is 14.8 Å². The Hall–Kier alpha value is -3.12. The van der Waals surface area contributed by atoms with E-state index >= 15 is 0 Å². The first-order valence-electron chi connectivity index (χ1n) is 10.9. The minimum absolute atomic E-state index is 0.0638. The standard InChI is InChI=1S/C26H27NO4S/c1-4-16-6-8-18(9-7-16)22-15-32-25(23(22)26(29)31-5-2)27-24(28)21-14-20(21)17-10-12-19(30-3)13-11-17/h6-13,15,20-21H,4-5,14H2,1-3H3,(H,27,28). The number of rotatable bonds is 8. The molecular formula is C26H27NO4S. The third kappa shape index (κ3) is 4.55. The van der Waals surface area contributed by atoms with E-state index in [4.69, 9.17) is 9.47 Å². The van der Waals surface area contributed by atoms with Gasteiger partial charge in [-0.2, -0.15) is 0 Å². The number of thiophene rings is 1. The fourth-order valence-electron chi connectivity index (χ4n) is 3.90. The van der Waals surface area contributed by atoms with Crippen molar-refractivity contribution in [2.45, 2.75) is 32.6 Å². The summed E-state index contributed by atoms with van der Waals surface area (Å²) in [6, 6.07) is 16.0. The van der Waals surface area contributed by atoms with E-state index in [-0.39, 0.29) is 24.3 Å². The zero-order valence-electron chi connectivity index (χ0n) is 18.5. The summed E-state index contributed by atoms with van der Waals surface area (Å²) in [6.45, 7) is 4.16. The molecule has 1 fully saturated rings. The Morgan fingerprint density at radius 3 is 2.41 bits per heavy atom. The van der Waals surface area contributed by atoms with Crippen molar-refractivity contribution in [2.24, 2.45) is 5.92 Å². The number of hydrogen-bond donors (Lipinski definition) is 1. The average Bonchev–Trinajstić information content (AvgIpc) is 3.52. The van der Waals surface area contributed by atoms with E-state index in [0.717, 1.165) is 35.3 Å². The molecule has 2 atom stereocenters. The lowest BCUT2D eigenvalue weighted by molar-refractivity contribution is -0.117. The molecule has 2 unspecified atom stereocenters. The van der Waals surface area contributed by atoms with Gasteiger partial charge in [0, 0.05) is 16.9 Å². The highest BCUT2D eigenvalue weighted by Gasteiger charge is 2.44. The van der Waals surface area contributed by atoms with Crippen LogP contribution in [0.1, 0.15) is 47.7 Å². The van der Waals surface area contributed by atoms with Crippen LogP contribution in [-0.2, 0) is 16.0 Å². The fraction of sp³-hybridized carbons (Fsp3) is 0.308. The number of hydrogen-bond acceptors (Lipinski definition) is 5. The zero-order chi connectivity index (χ0) is 22.7. The molecule has 1 aromatic heterocycles. The molecule has 6 heteroatoms. The Morgan fingerprint density at radius 2 is 1.78 bits per heavy atom. The highest BCUT2D eigenvalue weighted by Crippen LogP contribution is 2.49. The van der Waals surface area contributed by atoms with Crippen molar-refractivity contribution >= 4 is 28.2 Å². The SMILES string of the molecule is CCOC(=O)c1c(-c2ccc(CC)cc2)csc1NC(=O)C1CC1c1ccc(OC)cc1. The number of aryl methyl sites for hydroxylation is 1. The van der Waals surface area contributed by atoms with Crippen LogP contribution in [0.3, 0.4) is 0 Å². The molecule has 1 aliphatic rings. The maximum Gasteiger partial charge on any atom is 0.341 e. The van der Waals surface area contributed by atoms with Gasteiger partial charge in [0.05, 0.1) is 13.7 Å². The summed E-state index contributed by atoms with van der Waals surface area (Å²) in [4.78, 5) is 25.7. The van der Waals surface area contributed by atoms with Crippen molar-refractivity contribution in [1.29, 1.82) is 0 Å². The van der Waals surface area contributed by atoms with Gasteiger partial charge >= 0.3 is 5.97 Å². The van der Waals surface area contributed by atoms with Gasteiger partial charge in [0.2, 0.25) is 5.91 Å². The number of nitrogens with one attached hydrogen (secondary N) is 1. The molecule has 0 radical (unpaired) electrons. The number of carbonyl (C=O) groups excluding carboxylic acids is 2. The first-order chi connectivity index (χ1) is 15.5. The minimum Gasteiger partial charge on any atom is -0.497 e. The molecule has 1 heterocycles. The lowest BCUT2D eigenvalue weighted by atomic mass is 10.0. The zero-order valence-corrected chi connectivity index (χ0v) is 19.3. The minimum atomic E-state index is -0.416. The quantitative estimate of drug-likeness (QED) is 0.435. The van der Waals surface area contributed by atoms with Crippen LogP contribution in [0, 0.1) is 5.92 Å². The summed E-state index contributed by atoms with van der Waals surface area (Å²) in [7, 11) is 1.64. The lowest BCUT2D eigenvalue weighted by Gasteiger charge is -2.09. The Bertz CT molecular complexity index is 1100. The largest absolute Gasteiger partial charge is 0.497 e. The van der Waals surface area contributed by atoms with Crippen molar-refractivity contribution < 1.29 is 19.1 Å². The number of benzene rings is 2. The fourth-order valence-corrected chi connectivity index (χ4v) is 4.86. The molecule has 5 nitrogen and oxygen atoms in total. The summed E-state index contributed by atoms with van der Waals surface area (Å²) in [5.74, 6) is 0.403. The second-order valence-corrected chi connectivity index (χ2v) is 8.72. The van der Waals surface area contributed by atoms with E-state index in [9.17, 15) is 9.59 Å². The Labute approximate surface area is 192 Å². The summed E-state index contributed by atoms with van der Waals surface area (Å²) in [6.07, 6.45) is 1.75. The Balaban J connectivity index is 1.54. The monoisotopic (exact) mass is 449 g/mol. The molecule has 1 N–H and O–H groups in total. The Kier molecular flexibility index (Phi) is 6.61. The highest BCUT2D eigenvalue weighted by molar-refractivity contribution is 7.15. The van der Waals surface area contributed by atoms with Crippen molar-refractivity contribution in [3.05, 3.63) is 70.6 Å². The van der Waals surface area contributed by atoms with E-state index in [1.165, 1.54) is 16.9 Å². The normalized spacial score (nSPS) is 17.0. The first-order valence-corrected chi connectivity index (χ1v) is 11.8. The van der Waals surface area contributed by atoms with Crippen molar-refractivity contribution in [2.75, 3.05) is 19.0 Å². The van der Waals surface area contributed by atoms with Crippen molar-refractivity contribution in [3.8, 4) is 16.9 Å². The van der Waals surface area contributed by atoms with Gasteiger partial charge in [-0.15, -0.1) is 11.3 Å². The van der Waals surface area contributed by atoms with Crippen LogP contribution < -0.4 is 10.1 Å². The average molecular weight is 450 g/mol. The van der Waals surface area contributed by atoms with E-state index in [0.29, 0.717) is 10.6 Å². The van der Waals surface area contributed by atoms with E-state index in [1.807, 2.05) is 41.8 Å². The number of ether oxygens (including phenoxy) is 2. The number of amides is 1. The van der Waals surface area contributed by atoms with Gasteiger partial charge in [-0.25, -0.2) is 4.79 Å². The van der Waals surface area contributed by atoms with Gasteiger partial charge in [0.15, 0.2) is 0 Å². The molecule has 1 aliphatic carbocycles. The smallest absolute Gasteiger partial charge is 0.341 e. The van der Waals surface area contributed by atoms with Gasteiger partial charge in [-0.1, -0.05) is 43.3 Å². The predicted octanol–water partition coefficient (Wildman–Crippen LogP) is 5.91. The Morgan fingerprint density at radius 1 is 1.06 bits per heavy atom. The molecule has 32 heavy (non-hydrogen) atoms. The molecule has 0 spiro atoms. The van der Waals surface area contributed by atoms with E-state index in [1.54, 1.807) is 14.0 Å². The molecule has 1 amide bonds. The second-order valence-electron chi connectivity index (χ2n) is 7.84. The maximum absolute atomic E-state index is 13.0. The summed E-state index contributed by atoms with van der Waals surface area (Å²) in [5, 5.41) is 5.46. The molecule has 1 saturated carbocycles. The van der Waals surface area contributed by atoms with Gasteiger partial charge in [0.1, 0.15) is 16.3 Å². The van der Waals surface area contributed by atoms with E-state index in [2.05, 4.69) is 24.4 Å². The molecule has 0 saturated heterocycles. The molecule has 3 aromatic rings. The predicted molar refractivity (Wildman–Crippen MR) is 128 cm³/mol. The van der Waals surface area contributed by atoms with Crippen LogP contribution in [0.2, 0.25) is 0 Å². The number of carbonyl (C=O) groups is 2. The van der Waals surface area contributed by atoms with Crippen molar-refractivity contribution in [3.63, 3.8) is 0 Å². The van der Waals surface area contributed by atoms with Crippen LogP contribution in [-0.4, -0.2) is 25.6 Å². The van der Waals surface area contributed by atoms with Crippen LogP contribution in [0.5, 0.6) is 5.75 Å². The summed E-state index contributed by atoms with van der Waals surface area (Å²) >= 11 is 1.36. The van der Waals surface area contributed by atoms with Gasteiger partial charge in [-0.3, -0.25) is 4.79 Å². The van der Waals surface area contributed by atoms with Crippen LogP contribution in [0.25, 0.3) is 11.1 Å². The van der Waals surface area contributed by atoms with Crippen LogP contribution >= 0.6 is 11.3 Å². The molecule has 4 rings (SSSR count).